The van der Waals surface area contributed by atoms with Gasteiger partial charge in [0, 0.05) is 5.75 Å². The van der Waals surface area contributed by atoms with Gasteiger partial charge in [-0.25, -0.2) is 4.79 Å². The lowest BCUT2D eigenvalue weighted by Gasteiger charge is -2.23. The lowest BCUT2D eigenvalue weighted by Crippen LogP contribution is -2.58. The third-order valence-corrected chi connectivity index (χ3v) is 3.75. The first-order valence-electron chi connectivity index (χ1n) is 8.04. The summed E-state index contributed by atoms with van der Waals surface area (Å²) in [6, 6.07) is -6.14. The molecule has 0 heterocycles. The number of hydrogen-bond acceptors (Lipinski definition) is 9. The zero-order valence-corrected chi connectivity index (χ0v) is 15.9. The Morgan fingerprint density at radius 1 is 0.828 bits per heavy atom. The molecule has 29 heavy (non-hydrogen) atoms. The van der Waals surface area contributed by atoms with Crippen molar-refractivity contribution < 1.29 is 44.1 Å². The predicted molar refractivity (Wildman–Crippen MR) is 98.4 cm³/mol. The van der Waals surface area contributed by atoms with Crippen molar-refractivity contribution in [3.63, 3.8) is 0 Å². The Hall–Kier alpha value is -2.91. The Morgan fingerprint density at radius 3 is 1.72 bits per heavy atom. The van der Waals surface area contributed by atoms with Crippen LogP contribution < -0.4 is 27.4 Å². The number of thiol groups is 1. The normalized spacial score (nSPS) is 14.6. The molecule has 0 aromatic rings. The summed E-state index contributed by atoms with van der Waals surface area (Å²) in [7, 11) is 0. The summed E-state index contributed by atoms with van der Waals surface area (Å²) in [4.78, 5) is 69.2. The number of nitrogens with one attached hydrogen (secondary N) is 3. The van der Waals surface area contributed by atoms with E-state index in [1.165, 1.54) is 0 Å². The standard InChI is InChI=1S/C14H23N5O9S/c15-5(3-20)11(24)19-8(4-29)13(26)17-6(2-10(22)23)12(25)18-7(14(27)28)1-9(16)21/h5-8,20,29H,1-4,15H2,(H2,16,21)(H,17,26)(H,18,25)(H,19,24)(H,22,23)(H,27,28). The number of carboxylic acids is 2. The number of nitrogens with two attached hydrogens (primary N) is 2. The van der Waals surface area contributed by atoms with Crippen LogP contribution in [0.1, 0.15) is 12.8 Å². The first-order chi connectivity index (χ1) is 13.4. The Labute approximate surface area is 169 Å². The van der Waals surface area contributed by atoms with Crippen LogP contribution in [0, 0.1) is 0 Å². The van der Waals surface area contributed by atoms with Gasteiger partial charge in [-0.2, -0.15) is 12.6 Å². The van der Waals surface area contributed by atoms with Crippen LogP contribution >= 0.6 is 12.6 Å². The summed E-state index contributed by atoms with van der Waals surface area (Å²) in [5, 5.41) is 32.9. The number of carboxylic acid groups (broad SMARTS) is 2. The van der Waals surface area contributed by atoms with Crippen LogP contribution in [0.25, 0.3) is 0 Å². The van der Waals surface area contributed by atoms with Crippen molar-refractivity contribution in [3.8, 4) is 0 Å². The zero-order chi connectivity index (χ0) is 22.7. The Morgan fingerprint density at radius 2 is 1.31 bits per heavy atom. The van der Waals surface area contributed by atoms with Gasteiger partial charge in [-0.15, -0.1) is 0 Å². The van der Waals surface area contributed by atoms with Crippen molar-refractivity contribution in [2.45, 2.75) is 37.0 Å². The second kappa shape index (κ2) is 12.5. The average Bonchev–Trinajstić information content (AvgIpc) is 2.62. The van der Waals surface area contributed by atoms with Gasteiger partial charge in [0.15, 0.2) is 0 Å². The minimum absolute atomic E-state index is 0.267. The van der Waals surface area contributed by atoms with Crippen LogP contribution in [0.5, 0.6) is 0 Å². The third kappa shape index (κ3) is 9.72. The molecule has 4 atom stereocenters. The van der Waals surface area contributed by atoms with Gasteiger partial charge in [-0.05, 0) is 0 Å². The Balaban J connectivity index is 5.29. The Bertz CT molecular complexity index is 659. The van der Waals surface area contributed by atoms with Crippen molar-refractivity contribution in [3.05, 3.63) is 0 Å². The number of primary amides is 1. The highest BCUT2D eigenvalue weighted by Gasteiger charge is 2.31. The number of carbonyl (C=O) groups excluding carboxylic acids is 4. The van der Waals surface area contributed by atoms with E-state index in [0.29, 0.717) is 0 Å². The number of aliphatic hydroxyl groups is 1. The molecule has 0 saturated heterocycles. The maximum atomic E-state index is 12.3. The van der Waals surface area contributed by atoms with E-state index in [1.807, 2.05) is 5.32 Å². The largest absolute Gasteiger partial charge is 0.481 e. The SMILES string of the molecule is NC(=O)CC(NC(=O)C(CC(=O)O)NC(=O)C(CS)NC(=O)C(N)CO)C(=O)O. The Kier molecular flexibility index (Phi) is 11.3. The monoisotopic (exact) mass is 437 g/mol. The molecule has 4 amide bonds. The van der Waals surface area contributed by atoms with E-state index in [2.05, 4.69) is 23.3 Å². The molecular weight excluding hydrogens is 414 g/mol. The smallest absolute Gasteiger partial charge is 0.326 e. The molecule has 15 heteroatoms. The van der Waals surface area contributed by atoms with Gasteiger partial charge >= 0.3 is 11.9 Å². The number of rotatable bonds is 13. The molecule has 0 fully saturated rings. The molecular formula is C14H23N5O9S. The maximum Gasteiger partial charge on any atom is 0.326 e. The minimum Gasteiger partial charge on any atom is -0.481 e. The molecule has 0 aliphatic heterocycles. The van der Waals surface area contributed by atoms with Gasteiger partial charge in [-0.1, -0.05) is 0 Å². The highest BCUT2D eigenvalue weighted by Crippen LogP contribution is 2.00. The fraction of sp³-hybridized carbons (Fsp3) is 0.571. The van der Waals surface area contributed by atoms with Crippen molar-refractivity contribution in [2.24, 2.45) is 11.5 Å². The van der Waals surface area contributed by atoms with Crippen LogP contribution in [0.4, 0.5) is 0 Å². The molecule has 0 aromatic carbocycles. The summed E-state index contributed by atoms with van der Waals surface area (Å²) in [5.41, 5.74) is 10.2. The molecule has 0 aliphatic rings. The van der Waals surface area contributed by atoms with Gasteiger partial charge in [0.05, 0.1) is 19.4 Å². The summed E-state index contributed by atoms with van der Waals surface area (Å²) >= 11 is 3.87. The minimum atomic E-state index is -1.74. The van der Waals surface area contributed by atoms with Crippen LogP contribution in [-0.4, -0.2) is 87.4 Å². The number of carbonyl (C=O) groups is 6. The van der Waals surface area contributed by atoms with E-state index in [4.69, 9.17) is 26.8 Å². The van der Waals surface area contributed by atoms with E-state index in [9.17, 15) is 28.8 Å². The van der Waals surface area contributed by atoms with Crippen molar-refractivity contribution in [1.82, 2.24) is 16.0 Å². The predicted octanol–water partition coefficient (Wildman–Crippen LogP) is -4.88. The van der Waals surface area contributed by atoms with Gasteiger partial charge < -0.3 is 42.7 Å². The van der Waals surface area contributed by atoms with E-state index in [0.717, 1.165) is 0 Å². The molecule has 4 unspecified atom stereocenters. The fourth-order valence-electron chi connectivity index (χ4n) is 1.89. The summed E-state index contributed by atoms with van der Waals surface area (Å²) in [6.45, 7) is -0.701. The summed E-state index contributed by atoms with van der Waals surface area (Å²) in [5.74, 6) is -7.51. The molecule has 0 saturated carbocycles. The number of aliphatic hydroxyl groups excluding tert-OH is 1. The van der Waals surface area contributed by atoms with E-state index >= 15 is 0 Å². The van der Waals surface area contributed by atoms with Crippen LogP contribution in [0.3, 0.4) is 0 Å². The third-order valence-electron chi connectivity index (χ3n) is 3.38. The molecule has 10 N–H and O–H groups in total. The summed E-state index contributed by atoms with van der Waals surface area (Å²) < 4.78 is 0. The number of aliphatic carboxylic acids is 2. The van der Waals surface area contributed by atoms with Crippen LogP contribution in [0.15, 0.2) is 0 Å². The first-order valence-corrected chi connectivity index (χ1v) is 8.67. The second-order valence-corrected chi connectivity index (χ2v) is 6.13. The molecule has 0 aliphatic carbocycles. The zero-order valence-electron chi connectivity index (χ0n) is 15.0. The average molecular weight is 437 g/mol. The lowest BCUT2D eigenvalue weighted by molar-refractivity contribution is -0.144. The van der Waals surface area contributed by atoms with Gasteiger partial charge in [0.1, 0.15) is 24.2 Å². The molecule has 14 nitrogen and oxygen atoms in total. The molecule has 0 spiro atoms. The summed E-state index contributed by atoms with van der Waals surface area (Å²) in [6.07, 6.45) is -1.69. The van der Waals surface area contributed by atoms with Crippen molar-refractivity contribution in [1.29, 1.82) is 0 Å². The van der Waals surface area contributed by atoms with E-state index < -0.39 is 79.2 Å². The highest BCUT2D eigenvalue weighted by atomic mass is 32.1. The van der Waals surface area contributed by atoms with Gasteiger partial charge in [-0.3, -0.25) is 24.0 Å². The number of amides is 4. The van der Waals surface area contributed by atoms with E-state index in [1.54, 1.807) is 0 Å². The second-order valence-electron chi connectivity index (χ2n) is 5.76. The molecule has 0 aromatic heterocycles. The maximum absolute atomic E-state index is 12.3. The molecule has 0 bridgehead atoms. The first kappa shape index (κ1) is 26.1. The van der Waals surface area contributed by atoms with Crippen LogP contribution in [-0.2, 0) is 28.8 Å². The van der Waals surface area contributed by atoms with Crippen molar-refractivity contribution >= 4 is 48.2 Å². The topological polar surface area (TPSA) is 251 Å². The van der Waals surface area contributed by atoms with Gasteiger partial charge in [0.25, 0.3) is 0 Å². The van der Waals surface area contributed by atoms with E-state index in [-0.39, 0.29) is 5.75 Å². The lowest BCUT2D eigenvalue weighted by atomic mass is 10.1. The fourth-order valence-corrected chi connectivity index (χ4v) is 2.14. The van der Waals surface area contributed by atoms with Gasteiger partial charge in [0.2, 0.25) is 23.6 Å². The quantitative estimate of drug-likeness (QED) is 0.124. The van der Waals surface area contributed by atoms with Crippen LogP contribution in [0.2, 0.25) is 0 Å². The molecule has 0 rings (SSSR count). The molecule has 164 valence electrons. The molecule has 0 radical (unpaired) electrons. The van der Waals surface area contributed by atoms with Crippen molar-refractivity contribution in [2.75, 3.05) is 12.4 Å². The number of hydrogen-bond donors (Lipinski definition) is 9. The highest BCUT2D eigenvalue weighted by molar-refractivity contribution is 7.80.